The van der Waals surface area contributed by atoms with Gasteiger partial charge in [-0.3, -0.25) is 4.79 Å². The van der Waals surface area contributed by atoms with Gasteiger partial charge >= 0.3 is 0 Å². The lowest BCUT2D eigenvalue weighted by Crippen LogP contribution is -2.40. The summed E-state index contributed by atoms with van der Waals surface area (Å²) >= 11 is 0. The number of hydrogen-bond donors (Lipinski definition) is 2. The third-order valence-corrected chi connectivity index (χ3v) is 4.47. The van der Waals surface area contributed by atoms with Crippen molar-refractivity contribution in [1.82, 2.24) is 5.32 Å². The monoisotopic (exact) mass is 360 g/mol. The third-order valence-electron chi connectivity index (χ3n) is 4.47. The van der Waals surface area contributed by atoms with Crippen molar-refractivity contribution in [2.45, 2.75) is 44.4 Å². The van der Waals surface area contributed by atoms with Crippen LogP contribution in [0.1, 0.15) is 41.6 Å². The average molecular weight is 361 g/mol. The number of halogens is 1. The molecule has 0 spiro atoms. The van der Waals surface area contributed by atoms with Crippen molar-refractivity contribution in [3.8, 4) is 5.75 Å². The van der Waals surface area contributed by atoms with Crippen LogP contribution in [-0.4, -0.2) is 18.0 Å². The summed E-state index contributed by atoms with van der Waals surface area (Å²) in [5.74, 6) is 0.834. The molecule has 1 fully saturated rings. The highest BCUT2D eigenvalue weighted by molar-refractivity contribution is 5.94. The van der Waals surface area contributed by atoms with Crippen molar-refractivity contribution in [3.05, 3.63) is 65.7 Å². The second kappa shape index (κ2) is 9.44. The van der Waals surface area contributed by atoms with Gasteiger partial charge in [0.05, 0.1) is 0 Å². The second-order valence-electron chi connectivity index (χ2n) is 6.38. The number of carbonyl (C=O) groups is 1. The minimum Gasteiger partial charge on any atom is -0.489 e. The number of nitrogens with two attached hydrogens (primary N) is 1. The lowest BCUT2D eigenvalue weighted by atomic mass is 9.91. The smallest absolute Gasteiger partial charge is 0.251 e. The van der Waals surface area contributed by atoms with Crippen LogP contribution in [0.2, 0.25) is 0 Å². The van der Waals surface area contributed by atoms with E-state index in [-0.39, 0.29) is 24.4 Å². The molecule has 0 aromatic heterocycles. The normalized spacial score (nSPS) is 19.6. The maximum Gasteiger partial charge on any atom is 0.251 e. The zero-order chi connectivity index (χ0) is 16.8. The summed E-state index contributed by atoms with van der Waals surface area (Å²) in [5.41, 5.74) is 7.63. The van der Waals surface area contributed by atoms with Crippen LogP contribution in [-0.2, 0) is 6.61 Å². The van der Waals surface area contributed by atoms with Gasteiger partial charge in [-0.15, -0.1) is 12.4 Å². The minimum atomic E-state index is -0.00833. The molecule has 1 saturated carbocycles. The van der Waals surface area contributed by atoms with Gasteiger partial charge < -0.3 is 15.8 Å². The molecule has 3 N–H and O–H groups in total. The van der Waals surface area contributed by atoms with E-state index in [4.69, 9.17) is 10.5 Å². The fraction of sp³-hybridized carbons (Fsp3) is 0.350. The quantitative estimate of drug-likeness (QED) is 0.854. The van der Waals surface area contributed by atoms with Gasteiger partial charge in [-0.05, 0) is 55.5 Å². The van der Waals surface area contributed by atoms with Crippen LogP contribution >= 0.6 is 12.4 Å². The van der Waals surface area contributed by atoms with Crippen LogP contribution in [0.25, 0.3) is 0 Å². The molecule has 1 aliphatic rings. The van der Waals surface area contributed by atoms with Crippen LogP contribution < -0.4 is 15.8 Å². The summed E-state index contributed by atoms with van der Waals surface area (Å²) in [6.07, 6.45) is 3.91. The molecule has 1 aliphatic carbocycles. The number of ether oxygens (including phenoxy) is 1. The van der Waals surface area contributed by atoms with Gasteiger partial charge in [0.25, 0.3) is 5.91 Å². The van der Waals surface area contributed by atoms with Crippen LogP contribution in [0.3, 0.4) is 0 Å². The molecule has 0 unspecified atom stereocenters. The van der Waals surface area contributed by atoms with E-state index in [0.29, 0.717) is 18.2 Å². The van der Waals surface area contributed by atoms with Gasteiger partial charge in [0.1, 0.15) is 12.4 Å². The van der Waals surface area contributed by atoms with E-state index in [9.17, 15) is 4.79 Å². The molecule has 25 heavy (non-hydrogen) atoms. The molecule has 2 aromatic rings. The molecule has 0 aliphatic heterocycles. The molecule has 134 valence electrons. The molecule has 0 radical (unpaired) electrons. The Balaban J connectivity index is 0.00000225. The van der Waals surface area contributed by atoms with Crippen molar-refractivity contribution < 1.29 is 9.53 Å². The maximum atomic E-state index is 12.3. The Morgan fingerprint density at radius 1 is 1.00 bits per heavy atom. The minimum absolute atomic E-state index is 0. The van der Waals surface area contributed by atoms with Crippen LogP contribution in [0.5, 0.6) is 5.75 Å². The summed E-state index contributed by atoms with van der Waals surface area (Å²) in [4.78, 5) is 12.3. The molecule has 0 bridgehead atoms. The second-order valence-corrected chi connectivity index (χ2v) is 6.38. The summed E-state index contributed by atoms with van der Waals surface area (Å²) in [7, 11) is 0. The predicted molar refractivity (Wildman–Crippen MR) is 102 cm³/mol. The van der Waals surface area contributed by atoms with E-state index >= 15 is 0 Å². The Hall–Kier alpha value is -2.04. The molecule has 0 atom stereocenters. The van der Waals surface area contributed by atoms with Gasteiger partial charge in [0.15, 0.2) is 0 Å². The number of benzene rings is 2. The zero-order valence-electron chi connectivity index (χ0n) is 14.2. The number of amides is 1. The third kappa shape index (κ3) is 5.76. The van der Waals surface area contributed by atoms with Crippen LogP contribution in [0.15, 0.2) is 54.6 Å². The van der Waals surface area contributed by atoms with E-state index in [1.807, 2.05) is 54.6 Å². The van der Waals surface area contributed by atoms with Gasteiger partial charge in [0.2, 0.25) is 0 Å². The van der Waals surface area contributed by atoms with Crippen molar-refractivity contribution in [2.24, 2.45) is 5.73 Å². The first-order valence-corrected chi connectivity index (χ1v) is 8.54. The van der Waals surface area contributed by atoms with E-state index < -0.39 is 0 Å². The Labute approximate surface area is 155 Å². The van der Waals surface area contributed by atoms with E-state index in [0.717, 1.165) is 37.0 Å². The van der Waals surface area contributed by atoms with Crippen molar-refractivity contribution in [2.75, 3.05) is 0 Å². The van der Waals surface area contributed by atoms with Crippen molar-refractivity contribution >= 4 is 18.3 Å². The number of rotatable bonds is 5. The van der Waals surface area contributed by atoms with Gasteiger partial charge in [-0.25, -0.2) is 0 Å². The number of hydrogen-bond acceptors (Lipinski definition) is 3. The fourth-order valence-electron chi connectivity index (χ4n) is 2.97. The Bertz CT molecular complexity index is 653. The molecular weight excluding hydrogens is 336 g/mol. The first kappa shape index (κ1) is 19.3. The topological polar surface area (TPSA) is 64.3 Å². The summed E-state index contributed by atoms with van der Waals surface area (Å²) in [5, 5.41) is 3.11. The Morgan fingerprint density at radius 2 is 1.64 bits per heavy atom. The molecule has 3 rings (SSSR count). The molecular formula is C20H25ClN2O2. The van der Waals surface area contributed by atoms with Crippen LogP contribution in [0, 0.1) is 0 Å². The summed E-state index contributed by atoms with van der Waals surface area (Å²) in [6.45, 7) is 0.492. The molecule has 2 aromatic carbocycles. The van der Waals surface area contributed by atoms with E-state index in [1.54, 1.807) is 0 Å². The average Bonchev–Trinajstić information content (AvgIpc) is 2.63. The molecule has 5 heteroatoms. The highest BCUT2D eigenvalue weighted by Gasteiger charge is 2.20. The van der Waals surface area contributed by atoms with Gasteiger partial charge in [0, 0.05) is 17.6 Å². The van der Waals surface area contributed by atoms with Crippen LogP contribution in [0.4, 0.5) is 0 Å². The Morgan fingerprint density at radius 3 is 2.28 bits per heavy atom. The lowest BCUT2D eigenvalue weighted by Gasteiger charge is -2.26. The Kier molecular flexibility index (Phi) is 7.29. The first-order valence-electron chi connectivity index (χ1n) is 8.54. The summed E-state index contributed by atoms with van der Waals surface area (Å²) in [6, 6.07) is 17.8. The number of para-hydroxylation sites is 1. The number of carbonyl (C=O) groups excluding carboxylic acids is 1. The van der Waals surface area contributed by atoms with Gasteiger partial charge in [-0.2, -0.15) is 0 Å². The molecule has 4 nitrogen and oxygen atoms in total. The van der Waals surface area contributed by atoms with Crippen molar-refractivity contribution in [3.63, 3.8) is 0 Å². The van der Waals surface area contributed by atoms with Gasteiger partial charge in [-0.1, -0.05) is 30.3 Å². The zero-order valence-corrected chi connectivity index (χ0v) is 15.0. The standard InChI is InChI=1S/C20H24N2O2.ClH/c21-17-10-12-18(13-11-17)22-20(23)16-8-6-15(7-9-16)14-24-19-4-2-1-3-5-19;/h1-9,17-18H,10-14,21H2,(H,22,23);1H. The summed E-state index contributed by atoms with van der Waals surface area (Å²) < 4.78 is 5.71. The predicted octanol–water partition coefficient (Wildman–Crippen LogP) is 3.69. The molecule has 0 heterocycles. The fourth-order valence-corrected chi connectivity index (χ4v) is 2.97. The lowest BCUT2D eigenvalue weighted by molar-refractivity contribution is 0.0926. The SMILES string of the molecule is Cl.NC1CCC(NC(=O)c2ccc(COc3ccccc3)cc2)CC1. The van der Waals surface area contributed by atoms with Crippen molar-refractivity contribution in [1.29, 1.82) is 0 Å². The molecule has 1 amide bonds. The highest BCUT2D eigenvalue weighted by Crippen LogP contribution is 2.18. The van der Waals surface area contributed by atoms with E-state index in [1.165, 1.54) is 0 Å². The first-order chi connectivity index (χ1) is 11.7. The largest absolute Gasteiger partial charge is 0.489 e. The maximum absolute atomic E-state index is 12.3. The number of nitrogens with one attached hydrogen (secondary N) is 1. The van der Waals surface area contributed by atoms with E-state index in [2.05, 4.69) is 5.32 Å². The molecule has 0 saturated heterocycles. The highest BCUT2D eigenvalue weighted by atomic mass is 35.5.